The van der Waals surface area contributed by atoms with Crippen LogP contribution in [0.1, 0.15) is 77.6 Å². The number of rotatable bonds is 15. The van der Waals surface area contributed by atoms with Crippen LogP contribution in [0, 0.1) is 0 Å². The summed E-state index contributed by atoms with van der Waals surface area (Å²) >= 11 is 0. The number of aliphatic carboxylic acids is 1. The van der Waals surface area contributed by atoms with Gasteiger partial charge in [0.1, 0.15) is 6.54 Å². The second kappa shape index (κ2) is 11.6. The maximum Gasteiger partial charge on any atom is 0.177 e. The minimum Gasteiger partial charge on any atom is -0.550 e. The lowest BCUT2D eigenvalue weighted by atomic mass is 9.89. The van der Waals surface area contributed by atoms with Crippen LogP contribution in [0.4, 0.5) is 0 Å². The fourth-order valence-electron chi connectivity index (χ4n) is 3.10. The number of hydrogen-bond acceptors (Lipinski definition) is 4. The van der Waals surface area contributed by atoms with Crippen LogP contribution in [-0.2, 0) is 9.59 Å². The molecule has 0 aromatic rings. The van der Waals surface area contributed by atoms with Gasteiger partial charge in [0.2, 0.25) is 0 Å². The number of carboxylic acid groups (broad SMARTS) is 1. The minimum absolute atomic E-state index is 0.0806. The molecule has 0 rings (SSSR count). The summed E-state index contributed by atoms with van der Waals surface area (Å²) in [5.41, 5.74) is -1.82. The molecule has 0 aliphatic rings. The number of hydrogen-bond donors (Lipinski definition) is 1. The molecule has 24 heavy (non-hydrogen) atoms. The Hall–Kier alpha value is -0.940. The summed E-state index contributed by atoms with van der Waals surface area (Å²) in [5, 5.41) is 21.4. The molecule has 142 valence electrons. The van der Waals surface area contributed by atoms with Gasteiger partial charge in [-0.1, -0.05) is 58.3 Å². The zero-order valence-corrected chi connectivity index (χ0v) is 16.1. The van der Waals surface area contributed by atoms with Gasteiger partial charge in [0.15, 0.2) is 11.4 Å². The fraction of sp³-hybridized carbons (Fsp3) is 0.895. The van der Waals surface area contributed by atoms with Gasteiger partial charge in [-0.05, 0) is 6.42 Å². The van der Waals surface area contributed by atoms with E-state index in [-0.39, 0.29) is 18.7 Å². The highest BCUT2D eigenvalue weighted by Gasteiger charge is 2.40. The van der Waals surface area contributed by atoms with E-state index in [4.69, 9.17) is 0 Å². The van der Waals surface area contributed by atoms with Gasteiger partial charge in [-0.15, -0.1) is 0 Å². The molecule has 0 aromatic heterocycles. The Kier molecular flexibility index (Phi) is 11.1. The zero-order valence-electron chi connectivity index (χ0n) is 16.1. The van der Waals surface area contributed by atoms with Crippen LogP contribution in [0.5, 0.6) is 0 Å². The number of nitrogens with zero attached hydrogens (tertiary/aromatic N) is 1. The summed E-state index contributed by atoms with van der Waals surface area (Å²) in [7, 11) is 5.48. The van der Waals surface area contributed by atoms with Crippen molar-refractivity contribution in [2.24, 2.45) is 0 Å². The standard InChI is InChI=1S/C19H37NO4/c1-5-6-7-8-9-10-11-12-13-14-17(21)19(24,15-18(22)23)16-20(2,3)4/h24H,5-16H2,1-4H3/t19-/m0/s1. The normalized spacial score (nSPS) is 14.4. The van der Waals surface area contributed by atoms with Gasteiger partial charge >= 0.3 is 0 Å². The molecule has 0 aliphatic carbocycles. The van der Waals surface area contributed by atoms with Gasteiger partial charge in [0, 0.05) is 18.8 Å². The van der Waals surface area contributed by atoms with Crippen molar-refractivity contribution < 1.29 is 24.3 Å². The smallest absolute Gasteiger partial charge is 0.177 e. The molecule has 0 radical (unpaired) electrons. The van der Waals surface area contributed by atoms with Crippen molar-refractivity contribution >= 4 is 11.8 Å². The van der Waals surface area contributed by atoms with Crippen LogP contribution in [-0.4, -0.2) is 54.6 Å². The quantitative estimate of drug-likeness (QED) is 0.365. The molecule has 0 aromatic carbocycles. The summed E-state index contributed by atoms with van der Waals surface area (Å²) in [6.07, 6.45) is 9.92. The molecule has 0 bridgehead atoms. The van der Waals surface area contributed by atoms with E-state index >= 15 is 0 Å². The van der Waals surface area contributed by atoms with Gasteiger partial charge in [-0.25, -0.2) is 0 Å². The van der Waals surface area contributed by atoms with E-state index in [9.17, 15) is 19.8 Å². The molecule has 0 fully saturated rings. The van der Waals surface area contributed by atoms with Crippen LogP contribution in [0.2, 0.25) is 0 Å². The Morgan fingerprint density at radius 2 is 1.38 bits per heavy atom. The lowest BCUT2D eigenvalue weighted by Crippen LogP contribution is -2.56. The van der Waals surface area contributed by atoms with E-state index in [1.165, 1.54) is 38.5 Å². The van der Waals surface area contributed by atoms with Crippen molar-refractivity contribution in [1.29, 1.82) is 0 Å². The number of carboxylic acids is 1. The Morgan fingerprint density at radius 3 is 1.79 bits per heavy atom. The summed E-state index contributed by atoms with van der Waals surface area (Å²) in [5.74, 6) is -1.76. The number of aliphatic hydroxyl groups is 1. The molecule has 0 heterocycles. The maximum absolute atomic E-state index is 12.3. The van der Waals surface area contributed by atoms with E-state index in [0.29, 0.717) is 10.9 Å². The average Bonchev–Trinajstić information content (AvgIpc) is 2.42. The highest BCUT2D eigenvalue weighted by molar-refractivity contribution is 5.90. The van der Waals surface area contributed by atoms with Crippen molar-refractivity contribution in [2.45, 2.75) is 83.2 Å². The minimum atomic E-state index is -1.82. The van der Waals surface area contributed by atoms with Crippen LogP contribution in [0.15, 0.2) is 0 Å². The van der Waals surface area contributed by atoms with E-state index in [1.807, 2.05) is 21.1 Å². The predicted molar refractivity (Wildman–Crippen MR) is 94.3 cm³/mol. The third kappa shape index (κ3) is 11.6. The molecule has 0 spiro atoms. The monoisotopic (exact) mass is 343 g/mol. The molecular formula is C19H37NO4. The summed E-state index contributed by atoms with van der Waals surface area (Å²) in [6, 6.07) is 0. The summed E-state index contributed by atoms with van der Waals surface area (Å²) in [4.78, 5) is 23.2. The van der Waals surface area contributed by atoms with Crippen molar-refractivity contribution in [3.8, 4) is 0 Å². The molecule has 0 saturated heterocycles. The predicted octanol–water partition coefficient (Wildman–Crippen LogP) is 2.05. The molecule has 5 nitrogen and oxygen atoms in total. The number of ketones is 1. The topological polar surface area (TPSA) is 77.4 Å². The zero-order chi connectivity index (χ0) is 18.6. The number of likely N-dealkylation sites (N-methyl/N-ethyl adjacent to an activating group) is 1. The van der Waals surface area contributed by atoms with Gasteiger partial charge in [-0.2, -0.15) is 0 Å². The molecule has 1 N–H and O–H groups in total. The Bertz CT molecular complexity index is 376. The highest BCUT2D eigenvalue weighted by Crippen LogP contribution is 2.19. The third-order valence-corrected chi connectivity index (χ3v) is 4.20. The Labute approximate surface area is 147 Å². The largest absolute Gasteiger partial charge is 0.550 e. The maximum atomic E-state index is 12.3. The molecule has 1 atom stereocenters. The fourth-order valence-corrected chi connectivity index (χ4v) is 3.10. The first-order valence-corrected chi connectivity index (χ1v) is 9.37. The molecule has 5 heteroatoms. The highest BCUT2D eigenvalue weighted by atomic mass is 16.4. The number of quaternary nitrogens is 1. The summed E-state index contributed by atoms with van der Waals surface area (Å²) in [6.45, 7) is 2.29. The molecule has 0 amide bonds. The van der Waals surface area contributed by atoms with Crippen molar-refractivity contribution in [3.05, 3.63) is 0 Å². The second-order valence-corrected chi connectivity index (χ2v) is 8.03. The van der Waals surface area contributed by atoms with Crippen LogP contribution in [0.3, 0.4) is 0 Å². The number of Topliss-reactive ketones (excluding diaryl/α,β-unsaturated/α-hetero) is 1. The van der Waals surface area contributed by atoms with E-state index in [0.717, 1.165) is 12.8 Å². The number of carbonyl (C=O) groups excluding carboxylic acids is 2. The average molecular weight is 344 g/mol. The SMILES string of the molecule is CCCCCCCCCCCC(=O)[C@](O)(CC(=O)[O-])C[N+](C)(C)C. The van der Waals surface area contributed by atoms with E-state index in [1.54, 1.807) is 0 Å². The first-order valence-electron chi connectivity index (χ1n) is 9.37. The Balaban J connectivity index is 4.13. The van der Waals surface area contributed by atoms with Crippen LogP contribution < -0.4 is 5.11 Å². The van der Waals surface area contributed by atoms with Crippen molar-refractivity contribution in [3.63, 3.8) is 0 Å². The van der Waals surface area contributed by atoms with E-state index in [2.05, 4.69) is 6.92 Å². The van der Waals surface area contributed by atoms with Gasteiger partial charge in [0.25, 0.3) is 0 Å². The van der Waals surface area contributed by atoms with Crippen molar-refractivity contribution in [2.75, 3.05) is 27.7 Å². The second-order valence-electron chi connectivity index (χ2n) is 8.03. The van der Waals surface area contributed by atoms with Crippen molar-refractivity contribution in [1.82, 2.24) is 0 Å². The number of carbonyl (C=O) groups is 2. The molecule has 0 saturated carbocycles. The molecule has 0 unspecified atom stereocenters. The Morgan fingerprint density at radius 1 is 0.917 bits per heavy atom. The summed E-state index contributed by atoms with van der Waals surface area (Å²) < 4.78 is 0.327. The molecule has 0 aliphatic heterocycles. The lowest BCUT2D eigenvalue weighted by molar-refractivity contribution is -0.875. The lowest BCUT2D eigenvalue weighted by Gasteiger charge is -2.34. The van der Waals surface area contributed by atoms with E-state index < -0.39 is 18.0 Å². The van der Waals surface area contributed by atoms with Gasteiger partial charge < -0.3 is 19.5 Å². The van der Waals surface area contributed by atoms with Gasteiger partial charge in [-0.3, -0.25) is 4.79 Å². The van der Waals surface area contributed by atoms with Gasteiger partial charge in [0.05, 0.1) is 21.1 Å². The van der Waals surface area contributed by atoms with Crippen LogP contribution in [0.25, 0.3) is 0 Å². The number of unbranched alkanes of at least 4 members (excludes halogenated alkanes) is 8. The third-order valence-electron chi connectivity index (χ3n) is 4.20. The van der Waals surface area contributed by atoms with Crippen LogP contribution >= 0.6 is 0 Å². The first-order chi connectivity index (χ1) is 11.1. The molecular weight excluding hydrogens is 306 g/mol. The first kappa shape index (κ1) is 23.1.